The molecule has 4 heteroatoms. The molecule has 0 unspecified atom stereocenters. The summed E-state index contributed by atoms with van der Waals surface area (Å²) >= 11 is 6.18. The first-order valence-corrected chi connectivity index (χ1v) is 12.5. The summed E-state index contributed by atoms with van der Waals surface area (Å²) in [5.41, 5.74) is 7.13. The van der Waals surface area contributed by atoms with Crippen molar-refractivity contribution < 1.29 is 0 Å². The quantitative estimate of drug-likeness (QED) is 0.240. The average Bonchev–Trinajstić information content (AvgIpc) is 2.98. The van der Waals surface area contributed by atoms with Crippen LogP contribution in [0.15, 0.2) is 133 Å². The number of rotatable bonds is 5. The summed E-state index contributed by atoms with van der Waals surface area (Å²) in [6.07, 6.45) is 0. The molecule has 0 saturated heterocycles. The van der Waals surface area contributed by atoms with Gasteiger partial charge < -0.3 is 0 Å². The number of halogens is 1. The van der Waals surface area contributed by atoms with Crippen LogP contribution in [0.1, 0.15) is 0 Å². The van der Waals surface area contributed by atoms with Crippen LogP contribution in [0, 0.1) is 0 Å². The van der Waals surface area contributed by atoms with E-state index in [1.165, 1.54) is 0 Å². The molecular formula is C33H22ClN3. The van der Waals surface area contributed by atoms with Crippen molar-refractivity contribution in [3.63, 3.8) is 0 Å². The maximum absolute atomic E-state index is 6.18. The van der Waals surface area contributed by atoms with Crippen molar-refractivity contribution in [2.75, 3.05) is 0 Å². The highest BCUT2D eigenvalue weighted by Gasteiger charge is 2.17. The van der Waals surface area contributed by atoms with Gasteiger partial charge in [-0.05, 0) is 46.5 Å². The Kier molecular flexibility index (Phi) is 6.28. The number of nitrogens with zero attached hydrogens (tertiary/aromatic N) is 3. The Bertz CT molecular complexity index is 1560. The van der Waals surface area contributed by atoms with Crippen LogP contribution >= 0.6 is 11.6 Å². The SMILES string of the molecule is Clc1ccc(-c2nc(-c3ccccc3-c3ccccc3)nc(-c3ccccc3-c3ccccc3)n2)cc1. The molecule has 0 aliphatic rings. The molecule has 0 bridgehead atoms. The summed E-state index contributed by atoms with van der Waals surface area (Å²) in [6, 6.07) is 44.7. The third-order valence-electron chi connectivity index (χ3n) is 6.24. The van der Waals surface area contributed by atoms with Gasteiger partial charge in [0.15, 0.2) is 17.5 Å². The molecule has 6 aromatic rings. The minimum absolute atomic E-state index is 0.599. The third kappa shape index (κ3) is 4.77. The normalized spacial score (nSPS) is 10.8. The second-order valence-electron chi connectivity index (χ2n) is 8.64. The summed E-state index contributed by atoms with van der Waals surface area (Å²) in [5, 5.41) is 0.669. The molecule has 37 heavy (non-hydrogen) atoms. The van der Waals surface area contributed by atoms with Gasteiger partial charge in [-0.3, -0.25) is 0 Å². The third-order valence-corrected chi connectivity index (χ3v) is 6.50. The second kappa shape index (κ2) is 10.2. The standard InChI is InChI=1S/C33H22ClN3/c34-26-21-19-25(20-22-26)31-35-32(29-17-9-7-15-27(29)23-11-3-1-4-12-23)37-33(36-31)30-18-10-8-16-28(30)24-13-5-2-6-14-24/h1-22H. The van der Waals surface area contributed by atoms with Crippen LogP contribution in [-0.4, -0.2) is 15.0 Å². The predicted molar refractivity (Wildman–Crippen MR) is 152 cm³/mol. The molecular weight excluding hydrogens is 474 g/mol. The Labute approximate surface area is 221 Å². The van der Waals surface area contributed by atoms with E-state index in [1.807, 2.05) is 84.9 Å². The van der Waals surface area contributed by atoms with E-state index in [2.05, 4.69) is 48.5 Å². The first-order valence-electron chi connectivity index (χ1n) is 12.1. The zero-order valence-corrected chi connectivity index (χ0v) is 20.7. The van der Waals surface area contributed by atoms with Gasteiger partial charge in [-0.2, -0.15) is 0 Å². The molecule has 0 N–H and O–H groups in total. The summed E-state index contributed by atoms with van der Waals surface area (Å²) in [5.74, 6) is 1.84. The number of hydrogen-bond acceptors (Lipinski definition) is 3. The molecule has 0 saturated carbocycles. The van der Waals surface area contributed by atoms with Crippen LogP contribution in [-0.2, 0) is 0 Å². The van der Waals surface area contributed by atoms with Gasteiger partial charge in [-0.1, -0.05) is 121 Å². The van der Waals surface area contributed by atoms with Gasteiger partial charge in [0.1, 0.15) is 0 Å². The van der Waals surface area contributed by atoms with Crippen LogP contribution in [0.3, 0.4) is 0 Å². The molecule has 0 atom stereocenters. The Hall–Kier alpha value is -4.60. The van der Waals surface area contributed by atoms with E-state index in [1.54, 1.807) is 0 Å². The molecule has 6 rings (SSSR count). The van der Waals surface area contributed by atoms with Gasteiger partial charge >= 0.3 is 0 Å². The van der Waals surface area contributed by atoms with Crippen molar-refractivity contribution >= 4 is 11.6 Å². The van der Waals surface area contributed by atoms with Gasteiger partial charge in [-0.25, -0.2) is 15.0 Å². The molecule has 0 radical (unpaired) electrons. The highest BCUT2D eigenvalue weighted by molar-refractivity contribution is 6.30. The van der Waals surface area contributed by atoms with Crippen LogP contribution in [0.2, 0.25) is 5.02 Å². The maximum Gasteiger partial charge on any atom is 0.164 e. The molecule has 0 spiro atoms. The summed E-state index contributed by atoms with van der Waals surface area (Å²) in [4.78, 5) is 14.9. The van der Waals surface area contributed by atoms with Crippen molar-refractivity contribution in [2.24, 2.45) is 0 Å². The largest absolute Gasteiger partial charge is 0.208 e. The second-order valence-corrected chi connectivity index (χ2v) is 9.07. The lowest BCUT2D eigenvalue weighted by Crippen LogP contribution is -2.02. The Morgan fingerprint density at radius 1 is 0.324 bits per heavy atom. The van der Waals surface area contributed by atoms with E-state index in [-0.39, 0.29) is 0 Å². The fourth-order valence-corrected chi connectivity index (χ4v) is 4.57. The van der Waals surface area contributed by atoms with Gasteiger partial charge in [-0.15, -0.1) is 0 Å². The maximum atomic E-state index is 6.18. The van der Waals surface area contributed by atoms with E-state index in [0.717, 1.165) is 38.9 Å². The first kappa shape index (κ1) is 22.8. The molecule has 176 valence electrons. The molecule has 0 amide bonds. The van der Waals surface area contributed by atoms with Crippen molar-refractivity contribution in [1.29, 1.82) is 0 Å². The van der Waals surface area contributed by atoms with Gasteiger partial charge in [0.25, 0.3) is 0 Å². The molecule has 3 nitrogen and oxygen atoms in total. The molecule has 5 aromatic carbocycles. The topological polar surface area (TPSA) is 38.7 Å². The van der Waals surface area contributed by atoms with Gasteiger partial charge in [0, 0.05) is 21.7 Å². The van der Waals surface area contributed by atoms with E-state index in [9.17, 15) is 0 Å². The molecule has 1 aromatic heterocycles. The number of aromatic nitrogens is 3. The van der Waals surface area contributed by atoms with Crippen molar-refractivity contribution in [1.82, 2.24) is 15.0 Å². The zero-order chi connectivity index (χ0) is 25.0. The average molecular weight is 496 g/mol. The lowest BCUT2D eigenvalue weighted by Gasteiger charge is -2.14. The van der Waals surface area contributed by atoms with Crippen LogP contribution in [0.5, 0.6) is 0 Å². The smallest absolute Gasteiger partial charge is 0.164 e. The first-order chi connectivity index (χ1) is 18.3. The molecule has 0 aliphatic heterocycles. The van der Waals surface area contributed by atoms with Crippen molar-refractivity contribution in [3.8, 4) is 56.4 Å². The van der Waals surface area contributed by atoms with Gasteiger partial charge in [0.2, 0.25) is 0 Å². The molecule has 1 heterocycles. The fraction of sp³-hybridized carbons (Fsp3) is 0. The number of hydrogen-bond donors (Lipinski definition) is 0. The zero-order valence-electron chi connectivity index (χ0n) is 19.9. The lowest BCUT2D eigenvalue weighted by atomic mass is 9.98. The van der Waals surface area contributed by atoms with Crippen molar-refractivity contribution in [3.05, 3.63) is 138 Å². The van der Waals surface area contributed by atoms with E-state index >= 15 is 0 Å². The van der Waals surface area contributed by atoms with Crippen LogP contribution in [0.25, 0.3) is 56.4 Å². The Morgan fingerprint density at radius 3 is 1.16 bits per heavy atom. The number of benzene rings is 5. The lowest BCUT2D eigenvalue weighted by molar-refractivity contribution is 1.07. The Morgan fingerprint density at radius 2 is 0.703 bits per heavy atom. The highest BCUT2D eigenvalue weighted by atomic mass is 35.5. The minimum atomic E-state index is 0.599. The summed E-state index contributed by atoms with van der Waals surface area (Å²) in [7, 11) is 0. The van der Waals surface area contributed by atoms with Crippen molar-refractivity contribution in [2.45, 2.75) is 0 Å². The van der Waals surface area contributed by atoms with Gasteiger partial charge in [0.05, 0.1) is 0 Å². The predicted octanol–water partition coefficient (Wildman–Crippen LogP) is 8.86. The molecule has 0 aliphatic carbocycles. The fourth-order valence-electron chi connectivity index (χ4n) is 4.44. The molecule has 0 fully saturated rings. The monoisotopic (exact) mass is 495 g/mol. The van der Waals surface area contributed by atoms with E-state index < -0.39 is 0 Å². The Balaban J connectivity index is 1.59. The summed E-state index contributed by atoms with van der Waals surface area (Å²) in [6.45, 7) is 0. The highest BCUT2D eigenvalue weighted by Crippen LogP contribution is 2.35. The van der Waals surface area contributed by atoms with E-state index in [4.69, 9.17) is 26.6 Å². The van der Waals surface area contributed by atoms with Crippen LogP contribution < -0.4 is 0 Å². The summed E-state index contributed by atoms with van der Waals surface area (Å²) < 4.78 is 0. The van der Waals surface area contributed by atoms with E-state index in [0.29, 0.717) is 22.5 Å². The van der Waals surface area contributed by atoms with Crippen LogP contribution in [0.4, 0.5) is 0 Å². The minimum Gasteiger partial charge on any atom is -0.208 e.